The van der Waals surface area contributed by atoms with Crippen molar-refractivity contribution in [2.45, 2.75) is 31.3 Å². The summed E-state index contributed by atoms with van der Waals surface area (Å²) in [6.07, 6.45) is 1.33. The van der Waals surface area contributed by atoms with E-state index in [1.807, 2.05) is 0 Å². The second-order valence-corrected chi connectivity index (χ2v) is 7.22. The summed E-state index contributed by atoms with van der Waals surface area (Å²) in [5.74, 6) is -1.19. The first-order chi connectivity index (χ1) is 13.9. The molecule has 1 aromatic rings. The van der Waals surface area contributed by atoms with E-state index in [1.54, 1.807) is 12.1 Å². The average molecular weight is 424 g/mol. The molecule has 0 unspecified atom stereocenters. The molecule has 2 fully saturated rings. The second kappa shape index (κ2) is 9.13. The van der Waals surface area contributed by atoms with Crippen molar-refractivity contribution in [3.63, 3.8) is 0 Å². The minimum atomic E-state index is -0.629. The first-order valence-corrected chi connectivity index (χ1v) is 9.64. The fourth-order valence-electron chi connectivity index (χ4n) is 3.44. The number of rotatable bonds is 6. The Hall–Kier alpha value is -2.81. The number of likely N-dealkylation sites (tertiary alicyclic amines) is 1. The van der Waals surface area contributed by atoms with Gasteiger partial charge in [0.05, 0.1) is 36.7 Å². The van der Waals surface area contributed by atoms with Crippen molar-refractivity contribution >= 4 is 35.3 Å². The molecule has 0 spiro atoms. The van der Waals surface area contributed by atoms with E-state index in [-0.39, 0.29) is 54.0 Å². The van der Waals surface area contributed by atoms with Crippen LogP contribution in [0.1, 0.15) is 29.6 Å². The van der Waals surface area contributed by atoms with E-state index < -0.39 is 11.9 Å². The third-order valence-electron chi connectivity index (χ3n) is 4.91. The van der Waals surface area contributed by atoms with Crippen molar-refractivity contribution in [2.75, 3.05) is 26.8 Å². The average Bonchev–Trinajstić information content (AvgIpc) is 3.35. The van der Waals surface area contributed by atoms with Crippen LogP contribution in [0.25, 0.3) is 0 Å². The van der Waals surface area contributed by atoms with Crippen LogP contribution in [0.2, 0.25) is 5.02 Å². The van der Waals surface area contributed by atoms with Gasteiger partial charge >= 0.3 is 5.97 Å². The highest BCUT2D eigenvalue weighted by Crippen LogP contribution is 2.27. The zero-order valence-electron chi connectivity index (χ0n) is 15.9. The summed E-state index contributed by atoms with van der Waals surface area (Å²) in [5.41, 5.74) is 0.195. The fourth-order valence-corrected chi connectivity index (χ4v) is 3.73. The molecule has 0 saturated carbocycles. The van der Waals surface area contributed by atoms with Gasteiger partial charge in [-0.2, -0.15) is 0 Å². The Kier molecular flexibility index (Phi) is 6.58. The van der Waals surface area contributed by atoms with Crippen LogP contribution in [0, 0.1) is 0 Å². The van der Waals surface area contributed by atoms with Crippen LogP contribution in [0.4, 0.5) is 0 Å². The number of ether oxygens (including phenoxy) is 2. The van der Waals surface area contributed by atoms with Crippen LogP contribution in [-0.4, -0.2) is 67.5 Å². The summed E-state index contributed by atoms with van der Waals surface area (Å²) in [5, 5.41) is 5.45. The molecule has 2 atom stereocenters. The number of nitrogens with zero attached hydrogens (tertiary/aromatic N) is 1. The van der Waals surface area contributed by atoms with E-state index in [0.717, 1.165) is 0 Å². The number of amides is 3. The minimum Gasteiger partial charge on any atom is -0.495 e. The quantitative estimate of drug-likeness (QED) is 0.644. The van der Waals surface area contributed by atoms with Gasteiger partial charge in [-0.15, -0.1) is 0 Å². The maximum Gasteiger partial charge on any atom is 0.308 e. The zero-order valence-corrected chi connectivity index (χ0v) is 16.7. The van der Waals surface area contributed by atoms with E-state index >= 15 is 0 Å². The number of hydrogen-bond donors (Lipinski definition) is 2. The molecule has 3 amide bonds. The van der Waals surface area contributed by atoms with Gasteiger partial charge in [0.15, 0.2) is 0 Å². The van der Waals surface area contributed by atoms with Crippen molar-refractivity contribution < 1.29 is 28.7 Å². The SMILES string of the molecule is COc1cccc(C(=O)NCC(=O)N2CCC[C@H]2C(=O)N[C@@H]2COC(=O)C2)c1Cl. The Bertz CT molecular complexity index is 830. The summed E-state index contributed by atoms with van der Waals surface area (Å²) in [4.78, 5) is 50.1. The van der Waals surface area contributed by atoms with E-state index in [4.69, 9.17) is 21.1 Å². The highest BCUT2D eigenvalue weighted by Gasteiger charge is 2.36. The molecule has 9 nitrogen and oxygen atoms in total. The van der Waals surface area contributed by atoms with Crippen LogP contribution < -0.4 is 15.4 Å². The van der Waals surface area contributed by atoms with Crippen molar-refractivity contribution in [2.24, 2.45) is 0 Å². The predicted molar refractivity (Wildman–Crippen MR) is 103 cm³/mol. The number of halogens is 1. The number of esters is 1. The highest BCUT2D eigenvalue weighted by molar-refractivity contribution is 6.35. The van der Waals surface area contributed by atoms with Gasteiger partial charge in [0.1, 0.15) is 18.4 Å². The Morgan fingerprint density at radius 3 is 2.83 bits per heavy atom. The fraction of sp³-hybridized carbons (Fsp3) is 0.474. The third kappa shape index (κ3) is 4.79. The van der Waals surface area contributed by atoms with Crippen LogP contribution in [0.5, 0.6) is 5.75 Å². The number of hydrogen-bond acceptors (Lipinski definition) is 6. The second-order valence-electron chi connectivity index (χ2n) is 6.84. The first-order valence-electron chi connectivity index (χ1n) is 9.27. The lowest BCUT2D eigenvalue weighted by Gasteiger charge is -2.25. The molecule has 0 aliphatic carbocycles. The van der Waals surface area contributed by atoms with E-state index in [9.17, 15) is 19.2 Å². The monoisotopic (exact) mass is 423 g/mol. The normalized spacial score (nSPS) is 20.9. The van der Waals surface area contributed by atoms with Gasteiger partial charge < -0.3 is 25.0 Å². The molecule has 0 bridgehead atoms. The van der Waals surface area contributed by atoms with Crippen LogP contribution in [-0.2, 0) is 19.1 Å². The van der Waals surface area contributed by atoms with Crippen molar-refractivity contribution in [3.05, 3.63) is 28.8 Å². The Balaban J connectivity index is 1.56. The summed E-state index contributed by atoms with van der Waals surface area (Å²) in [6.45, 7) is 0.302. The summed E-state index contributed by atoms with van der Waals surface area (Å²) >= 11 is 6.13. The molecular weight excluding hydrogens is 402 g/mol. The molecule has 29 heavy (non-hydrogen) atoms. The summed E-state index contributed by atoms with van der Waals surface area (Å²) in [7, 11) is 1.44. The summed E-state index contributed by atoms with van der Waals surface area (Å²) < 4.78 is 9.92. The predicted octanol–water partition coefficient (Wildman–Crippen LogP) is 0.501. The minimum absolute atomic E-state index is 0.129. The molecule has 2 aliphatic rings. The Morgan fingerprint density at radius 1 is 1.34 bits per heavy atom. The topological polar surface area (TPSA) is 114 Å². The van der Waals surface area contributed by atoms with Crippen LogP contribution in [0.15, 0.2) is 18.2 Å². The smallest absolute Gasteiger partial charge is 0.308 e. The van der Waals surface area contributed by atoms with Gasteiger partial charge in [-0.1, -0.05) is 17.7 Å². The molecule has 2 aliphatic heterocycles. The Morgan fingerprint density at radius 2 is 2.14 bits per heavy atom. The maximum absolute atomic E-state index is 12.6. The molecule has 2 heterocycles. The largest absolute Gasteiger partial charge is 0.495 e. The number of cyclic esters (lactones) is 1. The maximum atomic E-state index is 12.6. The molecule has 3 rings (SSSR count). The van der Waals surface area contributed by atoms with Crippen LogP contribution >= 0.6 is 11.6 Å². The molecule has 0 radical (unpaired) electrons. The van der Waals surface area contributed by atoms with E-state index in [1.165, 1.54) is 18.1 Å². The van der Waals surface area contributed by atoms with Gasteiger partial charge in [-0.3, -0.25) is 19.2 Å². The number of methoxy groups -OCH3 is 1. The van der Waals surface area contributed by atoms with Crippen molar-refractivity contribution in [3.8, 4) is 5.75 Å². The van der Waals surface area contributed by atoms with Gasteiger partial charge in [0.2, 0.25) is 11.8 Å². The van der Waals surface area contributed by atoms with Crippen molar-refractivity contribution in [1.29, 1.82) is 0 Å². The van der Waals surface area contributed by atoms with Gasteiger partial charge in [-0.05, 0) is 25.0 Å². The molecule has 2 N–H and O–H groups in total. The lowest BCUT2D eigenvalue weighted by molar-refractivity contribution is -0.138. The zero-order chi connectivity index (χ0) is 21.0. The Labute approximate surface area is 172 Å². The van der Waals surface area contributed by atoms with Gasteiger partial charge in [0.25, 0.3) is 5.91 Å². The molecule has 2 saturated heterocycles. The number of nitrogens with one attached hydrogen (secondary N) is 2. The van der Waals surface area contributed by atoms with Gasteiger partial charge in [-0.25, -0.2) is 0 Å². The lowest BCUT2D eigenvalue weighted by Crippen LogP contribution is -2.51. The molecule has 1 aromatic carbocycles. The van der Waals surface area contributed by atoms with E-state index in [0.29, 0.717) is 25.1 Å². The molecule has 156 valence electrons. The molecule has 0 aromatic heterocycles. The molecule has 10 heteroatoms. The lowest BCUT2D eigenvalue weighted by atomic mass is 10.1. The van der Waals surface area contributed by atoms with Crippen LogP contribution in [0.3, 0.4) is 0 Å². The number of carbonyl (C=O) groups excluding carboxylic acids is 4. The standard InChI is InChI=1S/C19H22ClN3O6/c1-28-14-6-2-4-12(17(14)20)18(26)21-9-15(24)23-7-3-5-13(23)19(27)22-11-8-16(25)29-10-11/h2,4,6,11,13H,3,5,7-10H2,1H3,(H,21,26)(H,22,27)/t11-,13-/m0/s1. The molecular formula is C19H22ClN3O6. The van der Waals surface area contributed by atoms with Crippen molar-refractivity contribution in [1.82, 2.24) is 15.5 Å². The third-order valence-corrected chi connectivity index (χ3v) is 5.30. The number of benzene rings is 1. The first kappa shape index (κ1) is 20.9. The number of carbonyl (C=O) groups is 4. The summed E-state index contributed by atoms with van der Waals surface area (Å²) in [6, 6.07) is 3.78. The highest BCUT2D eigenvalue weighted by atomic mass is 35.5. The van der Waals surface area contributed by atoms with E-state index in [2.05, 4.69) is 10.6 Å². The van der Waals surface area contributed by atoms with Gasteiger partial charge in [0, 0.05) is 6.54 Å².